The third-order valence-corrected chi connectivity index (χ3v) is 5.52. The van der Waals surface area contributed by atoms with Crippen LogP contribution in [0.4, 0.5) is 11.5 Å². The lowest BCUT2D eigenvalue weighted by molar-refractivity contribution is 0.0952. The quantitative estimate of drug-likeness (QED) is 0.417. The number of fused-ring (bicyclic) bond motifs is 2. The minimum atomic E-state index is -0.207. The van der Waals surface area contributed by atoms with Crippen LogP contribution >= 0.6 is 0 Å². The smallest absolute Gasteiger partial charge is 0.252 e. The minimum Gasteiger partial charge on any atom is -0.497 e. The number of hydrogen-bond acceptors (Lipinski definition) is 7. The molecule has 1 aromatic heterocycles. The van der Waals surface area contributed by atoms with Crippen LogP contribution in [0, 0.1) is 0 Å². The van der Waals surface area contributed by atoms with Crippen LogP contribution in [0.5, 0.6) is 23.0 Å². The van der Waals surface area contributed by atoms with E-state index in [2.05, 4.69) is 15.6 Å². The molecule has 2 N–H and O–H groups in total. The predicted molar refractivity (Wildman–Crippen MR) is 128 cm³/mol. The fraction of sp³-hybridized carbons (Fsp3) is 0.154. The Kier molecular flexibility index (Phi) is 5.78. The van der Waals surface area contributed by atoms with E-state index < -0.39 is 0 Å². The molecule has 0 saturated heterocycles. The Balaban J connectivity index is 1.42. The van der Waals surface area contributed by atoms with Crippen LogP contribution in [0.15, 0.2) is 66.7 Å². The second-order valence-corrected chi connectivity index (χ2v) is 7.63. The third kappa shape index (κ3) is 4.25. The number of para-hydroxylation sites is 1. The van der Waals surface area contributed by atoms with Gasteiger partial charge in [-0.3, -0.25) is 4.79 Å². The Morgan fingerprint density at radius 3 is 2.68 bits per heavy atom. The molecule has 1 amide bonds. The monoisotopic (exact) mass is 457 g/mol. The van der Waals surface area contributed by atoms with Gasteiger partial charge < -0.3 is 29.6 Å². The highest BCUT2D eigenvalue weighted by Gasteiger charge is 2.16. The number of benzene rings is 3. The Hall–Kier alpha value is -4.46. The van der Waals surface area contributed by atoms with Crippen LogP contribution in [-0.4, -0.2) is 31.9 Å². The van der Waals surface area contributed by atoms with Gasteiger partial charge in [-0.1, -0.05) is 24.3 Å². The van der Waals surface area contributed by atoms with Crippen LogP contribution in [-0.2, 0) is 6.54 Å². The zero-order chi connectivity index (χ0) is 23.5. The van der Waals surface area contributed by atoms with E-state index in [0.717, 1.165) is 10.9 Å². The molecular formula is C26H23N3O5. The average molecular weight is 457 g/mol. The summed E-state index contributed by atoms with van der Waals surface area (Å²) in [6.07, 6.45) is 0. The van der Waals surface area contributed by atoms with Gasteiger partial charge >= 0.3 is 0 Å². The van der Waals surface area contributed by atoms with Gasteiger partial charge in [-0.25, -0.2) is 4.98 Å². The molecule has 0 aliphatic carbocycles. The van der Waals surface area contributed by atoms with Crippen LogP contribution in [0.3, 0.4) is 0 Å². The first-order valence-corrected chi connectivity index (χ1v) is 10.7. The summed E-state index contributed by atoms with van der Waals surface area (Å²) < 4.78 is 21.5. The Morgan fingerprint density at radius 1 is 0.971 bits per heavy atom. The summed E-state index contributed by atoms with van der Waals surface area (Å²) in [6.45, 7) is 0.560. The van der Waals surface area contributed by atoms with Crippen LogP contribution in [0.1, 0.15) is 15.9 Å². The molecular weight excluding hydrogens is 434 g/mol. The van der Waals surface area contributed by atoms with Crippen LogP contribution in [0.2, 0.25) is 0 Å². The van der Waals surface area contributed by atoms with Crippen LogP contribution in [0.25, 0.3) is 10.9 Å². The largest absolute Gasteiger partial charge is 0.497 e. The van der Waals surface area contributed by atoms with Crippen molar-refractivity contribution >= 4 is 28.3 Å². The SMILES string of the molecule is COc1ccc(Nc2cc(C(=O)NCc3ccc4c(c3)OCO4)c3ccccc3n2)c(OC)c1. The first kappa shape index (κ1) is 21.4. The zero-order valence-corrected chi connectivity index (χ0v) is 18.8. The van der Waals surface area contributed by atoms with Crippen molar-refractivity contribution in [1.82, 2.24) is 10.3 Å². The lowest BCUT2D eigenvalue weighted by Crippen LogP contribution is -2.23. The van der Waals surface area contributed by atoms with Gasteiger partial charge in [0.1, 0.15) is 17.3 Å². The number of aromatic nitrogens is 1. The first-order valence-electron chi connectivity index (χ1n) is 10.7. The summed E-state index contributed by atoms with van der Waals surface area (Å²) in [6, 6.07) is 20.3. The summed E-state index contributed by atoms with van der Waals surface area (Å²) in [5, 5.41) is 7.02. The van der Waals surface area contributed by atoms with E-state index in [1.54, 1.807) is 26.4 Å². The molecule has 0 radical (unpaired) electrons. The summed E-state index contributed by atoms with van der Waals surface area (Å²) in [7, 11) is 3.18. The van der Waals surface area contributed by atoms with Gasteiger partial charge in [-0.2, -0.15) is 0 Å². The van der Waals surface area contributed by atoms with Gasteiger partial charge in [0.05, 0.1) is 31.0 Å². The molecule has 0 saturated carbocycles. The van der Waals surface area contributed by atoms with Gasteiger partial charge in [0.2, 0.25) is 6.79 Å². The molecule has 4 aromatic rings. The van der Waals surface area contributed by atoms with E-state index in [0.29, 0.717) is 52.1 Å². The number of carbonyl (C=O) groups is 1. The molecule has 0 bridgehead atoms. The van der Waals surface area contributed by atoms with Crippen molar-refractivity contribution in [3.05, 3.63) is 77.9 Å². The number of hydrogen-bond donors (Lipinski definition) is 2. The highest BCUT2D eigenvalue weighted by Crippen LogP contribution is 2.33. The Bertz CT molecular complexity index is 1370. The molecule has 8 nitrogen and oxygen atoms in total. The fourth-order valence-corrected chi connectivity index (χ4v) is 3.80. The normalized spacial score (nSPS) is 11.8. The second-order valence-electron chi connectivity index (χ2n) is 7.63. The minimum absolute atomic E-state index is 0.207. The van der Waals surface area contributed by atoms with Gasteiger partial charge in [-0.05, 0) is 42.0 Å². The number of pyridine rings is 1. The maximum absolute atomic E-state index is 13.2. The molecule has 1 aliphatic rings. The Morgan fingerprint density at radius 2 is 1.82 bits per heavy atom. The second kappa shape index (κ2) is 9.19. The number of nitrogens with one attached hydrogen (secondary N) is 2. The molecule has 2 heterocycles. The van der Waals surface area contributed by atoms with Crippen molar-refractivity contribution in [2.24, 2.45) is 0 Å². The molecule has 172 valence electrons. The average Bonchev–Trinajstić information content (AvgIpc) is 3.35. The lowest BCUT2D eigenvalue weighted by Gasteiger charge is -2.14. The summed E-state index contributed by atoms with van der Waals surface area (Å²) in [5.41, 5.74) is 2.84. The molecule has 0 atom stereocenters. The topological polar surface area (TPSA) is 90.9 Å². The highest BCUT2D eigenvalue weighted by atomic mass is 16.7. The lowest BCUT2D eigenvalue weighted by atomic mass is 10.1. The van der Waals surface area contributed by atoms with Crippen molar-refractivity contribution < 1.29 is 23.7 Å². The first-order chi connectivity index (χ1) is 16.6. The number of rotatable bonds is 7. The molecule has 1 aliphatic heterocycles. The number of amides is 1. The molecule has 3 aromatic carbocycles. The molecule has 0 fully saturated rings. The number of ether oxygens (including phenoxy) is 4. The van der Waals surface area contributed by atoms with E-state index in [4.69, 9.17) is 18.9 Å². The van der Waals surface area contributed by atoms with E-state index in [9.17, 15) is 4.79 Å². The van der Waals surface area contributed by atoms with Gasteiger partial charge in [0, 0.05) is 18.0 Å². The maximum Gasteiger partial charge on any atom is 0.252 e. The molecule has 34 heavy (non-hydrogen) atoms. The number of nitrogens with zero attached hydrogens (tertiary/aromatic N) is 1. The fourth-order valence-electron chi connectivity index (χ4n) is 3.80. The van der Waals surface area contributed by atoms with Crippen molar-refractivity contribution in [2.45, 2.75) is 6.54 Å². The molecule has 0 spiro atoms. The number of anilines is 2. The standard InChI is InChI=1S/C26H23N3O5/c1-31-17-8-9-21(23(12-17)32-2)29-25-13-19(18-5-3-4-6-20(18)28-25)26(30)27-14-16-7-10-22-24(11-16)34-15-33-22/h3-13H,14-15H2,1-2H3,(H,27,30)(H,28,29). The molecule has 0 unspecified atom stereocenters. The Labute approximate surface area is 196 Å². The van der Waals surface area contributed by atoms with E-state index >= 15 is 0 Å². The van der Waals surface area contributed by atoms with Crippen molar-refractivity contribution in [3.63, 3.8) is 0 Å². The van der Waals surface area contributed by atoms with Crippen LogP contribution < -0.4 is 29.6 Å². The third-order valence-electron chi connectivity index (χ3n) is 5.52. The molecule has 5 rings (SSSR count). The van der Waals surface area contributed by atoms with Gasteiger partial charge in [-0.15, -0.1) is 0 Å². The van der Waals surface area contributed by atoms with E-state index in [-0.39, 0.29) is 12.7 Å². The zero-order valence-electron chi connectivity index (χ0n) is 18.8. The number of methoxy groups -OCH3 is 2. The summed E-state index contributed by atoms with van der Waals surface area (Å²) in [5.74, 6) is 2.98. The van der Waals surface area contributed by atoms with E-state index in [1.165, 1.54) is 0 Å². The highest BCUT2D eigenvalue weighted by molar-refractivity contribution is 6.07. The summed E-state index contributed by atoms with van der Waals surface area (Å²) >= 11 is 0. The van der Waals surface area contributed by atoms with E-state index in [1.807, 2.05) is 54.6 Å². The van der Waals surface area contributed by atoms with Gasteiger partial charge in [0.15, 0.2) is 11.5 Å². The van der Waals surface area contributed by atoms with Crippen molar-refractivity contribution in [3.8, 4) is 23.0 Å². The number of carbonyl (C=O) groups excluding carboxylic acids is 1. The predicted octanol–water partition coefficient (Wildman–Crippen LogP) is 4.65. The van der Waals surface area contributed by atoms with Gasteiger partial charge in [0.25, 0.3) is 5.91 Å². The molecule has 8 heteroatoms. The van der Waals surface area contributed by atoms with Crippen molar-refractivity contribution in [2.75, 3.05) is 26.3 Å². The van der Waals surface area contributed by atoms with Crippen molar-refractivity contribution in [1.29, 1.82) is 0 Å². The maximum atomic E-state index is 13.2. The summed E-state index contributed by atoms with van der Waals surface area (Å²) in [4.78, 5) is 17.9.